The summed E-state index contributed by atoms with van der Waals surface area (Å²) in [5.41, 5.74) is 0. The Labute approximate surface area is 91.7 Å². The maximum Gasteiger partial charge on any atom is 0.279 e. The zero-order valence-electron chi connectivity index (χ0n) is 9.31. The fourth-order valence-electron chi connectivity index (χ4n) is 1.50. The summed E-state index contributed by atoms with van der Waals surface area (Å²) in [6.45, 7) is 5.06. The molecule has 1 aliphatic heterocycles. The van der Waals surface area contributed by atoms with Crippen LogP contribution in [0.1, 0.15) is 26.7 Å². The van der Waals surface area contributed by atoms with Crippen molar-refractivity contribution in [2.24, 2.45) is 5.92 Å². The van der Waals surface area contributed by atoms with Gasteiger partial charge in [0.25, 0.3) is 10.2 Å². The van der Waals surface area contributed by atoms with Crippen LogP contribution < -0.4 is 4.72 Å². The molecule has 0 bridgehead atoms. The summed E-state index contributed by atoms with van der Waals surface area (Å²) < 4.78 is 27.3. The molecule has 6 heteroatoms. The highest BCUT2D eigenvalue weighted by Crippen LogP contribution is 2.12. The van der Waals surface area contributed by atoms with Gasteiger partial charge in [-0.15, -0.1) is 0 Å². The predicted molar refractivity (Wildman–Crippen MR) is 58.6 cm³/mol. The average molecular weight is 236 g/mol. The summed E-state index contributed by atoms with van der Waals surface area (Å²) in [4.78, 5) is 0. The summed E-state index contributed by atoms with van der Waals surface area (Å²) in [5.74, 6) is 0.287. The number of hydrogen-bond acceptors (Lipinski definition) is 3. The molecule has 0 unspecified atom stereocenters. The van der Waals surface area contributed by atoms with E-state index in [4.69, 9.17) is 0 Å². The van der Waals surface area contributed by atoms with Crippen LogP contribution in [0.5, 0.6) is 0 Å². The Hall–Kier alpha value is -0.170. The van der Waals surface area contributed by atoms with Gasteiger partial charge in [-0.05, 0) is 18.8 Å². The van der Waals surface area contributed by atoms with E-state index in [2.05, 4.69) is 4.72 Å². The number of β-amino-alcohol motifs (C(OH)–C–C–N with tert-alkyl or cyclic N) is 1. The third-order valence-corrected chi connectivity index (χ3v) is 3.92. The van der Waals surface area contributed by atoms with Gasteiger partial charge in [-0.3, -0.25) is 0 Å². The summed E-state index contributed by atoms with van der Waals surface area (Å²) in [5, 5.41) is 9.39. The molecule has 0 radical (unpaired) electrons. The molecule has 15 heavy (non-hydrogen) atoms. The Morgan fingerprint density at radius 3 is 2.73 bits per heavy atom. The van der Waals surface area contributed by atoms with Crippen LogP contribution in [0.4, 0.5) is 0 Å². The minimum atomic E-state index is -3.39. The molecule has 1 saturated heterocycles. The van der Waals surface area contributed by atoms with E-state index in [0.717, 1.165) is 6.42 Å². The summed E-state index contributed by atoms with van der Waals surface area (Å²) >= 11 is 0. The van der Waals surface area contributed by atoms with E-state index < -0.39 is 16.3 Å². The van der Waals surface area contributed by atoms with Crippen LogP contribution >= 0.6 is 0 Å². The SMILES string of the molecule is CC(C)CNS(=O)(=O)N1CCC[C@H](O)C1. The third kappa shape index (κ3) is 4.06. The minimum Gasteiger partial charge on any atom is -0.392 e. The minimum absolute atomic E-state index is 0.216. The van der Waals surface area contributed by atoms with Crippen LogP contribution in [-0.2, 0) is 10.2 Å². The van der Waals surface area contributed by atoms with E-state index in [1.54, 1.807) is 0 Å². The summed E-state index contributed by atoms with van der Waals surface area (Å²) in [6.07, 6.45) is 0.898. The maximum atomic E-state index is 11.7. The van der Waals surface area contributed by atoms with Crippen molar-refractivity contribution >= 4 is 10.2 Å². The molecule has 0 saturated carbocycles. The van der Waals surface area contributed by atoms with Gasteiger partial charge < -0.3 is 5.11 Å². The quantitative estimate of drug-likeness (QED) is 0.718. The van der Waals surface area contributed by atoms with Gasteiger partial charge >= 0.3 is 0 Å². The van der Waals surface area contributed by atoms with Gasteiger partial charge in [0.2, 0.25) is 0 Å². The Kier molecular flexibility index (Phi) is 4.51. The molecule has 1 aliphatic rings. The highest BCUT2D eigenvalue weighted by Gasteiger charge is 2.27. The van der Waals surface area contributed by atoms with Crippen molar-refractivity contribution in [3.8, 4) is 0 Å². The predicted octanol–water partition coefficient (Wildman–Crippen LogP) is -0.0665. The number of rotatable bonds is 4. The van der Waals surface area contributed by atoms with Crippen LogP contribution in [-0.4, -0.2) is 43.6 Å². The number of nitrogens with zero attached hydrogens (tertiary/aromatic N) is 1. The van der Waals surface area contributed by atoms with E-state index in [1.807, 2.05) is 13.8 Å². The Morgan fingerprint density at radius 2 is 2.20 bits per heavy atom. The van der Waals surface area contributed by atoms with Gasteiger partial charge in [0.15, 0.2) is 0 Å². The van der Waals surface area contributed by atoms with Crippen molar-refractivity contribution in [3.05, 3.63) is 0 Å². The monoisotopic (exact) mass is 236 g/mol. The second-order valence-electron chi connectivity index (χ2n) is 4.40. The van der Waals surface area contributed by atoms with E-state index in [9.17, 15) is 13.5 Å². The number of hydrogen-bond donors (Lipinski definition) is 2. The van der Waals surface area contributed by atoms with Crippen LogP contribution in [0.2, 0.25) is 0 Å². The number of piperidine rings is 1. The number of aliphatic hydroxyl groups excluding tert-OH is 1. The summed E-state index contributed by atoms with van der Waals surface area (Å²) in [6, 6.07) is 0. The molecule has 5 nitrogen and oxygen atoms in total. The van der Waals surface area contributed by atoms with E-state index >= 15 is 0 Å². The molecule has 0 aromatic rings. The molecule has 2 N–H and O–H groups in total. The van der Waals surface area contributed by atoms with Gasteiger partial charge in [0, 0.05) is 19.6 Å². The van der Waals surface area contributed by atoms with Crippen LogP contribution in [0.25, 0.3) is 0 Å². The molecule has 0 aliphatic carbocycles. The van der Waals surface area contributed by atoms with Gasteiger partial charge in [0.1, 0.15) is 0 Å². The normalized spacial score (nSPS) is 24.7. The first-order valence-corrected chi connectivity index (χ1v) is 6.78. The molecule has 90 valence electrons. The largest absolute Gasteiger partial charge is 0.392 e. The highest BCUT2D eigenvalue weighted by atomic mass is 32.2. The standard InChI is InChI=1S/C9H20N2O3S/c1-8(2)6-10-15(13,14)11-5-3-4-9(12)7-11/h8-10,12H,3-7H2,1-2H3/t9-/m0/s1. The first-order valence-electron chi connectivity index (χ1n) is 5.34. The smallest absolute Gasteiger partial charge is 0.279 e. The topological polar surface area (TPSA) is 69.6 Å². The Balaban J connectivity index is 2.52. The lowest BCUT2D eigenvalue weighted by molar-refractivity contribution is 0.107. The molecule has 0 aromatic heterocycles. The van der Waals surface area contributed by atoms with Crippen molar-refractivity contribution in [1.29, 1.82) is 0 Å². The second-order valence-corrected chi connectivity index (χ2v) is 6.16. The highest BCUT2D eigenvalue weighted by molar-refractivity contribution is 7.87. The maximum absolute atomic E-state index is 11.7. The second kappa shape index (κ2) is 5.25. The zero-order valence-corrected chi connectivity index (χ0v) is 10.1. The summed E-state index contributed by atoms with van der Waals surface area (Å²) in [7, 11) is -3.39. The fourth-order valence-corrected chi connectivity index (χ4v) is 2.97. The van der Waals surface area contributed by atoms with Crippen LogP contribution in [0.3, 0.4) is 0 Å². The molecule has 0 amide bonds. The Bertz CT molecular complexity index is 290. The van der Waals surface area contributed by atoms with Crippen molar-refractivity contribution in [1.82, 2.24) is 9.03 Å². The third-order valence-electron chi connectivity index (χ3n) is 2.37. The first-order chi connectivity index (χ1) is 6.92. The lowest BCUT2D eigenvalue weighted by atomic mass is 10.1. The fraction of sp³-hybridized carbons (Fsp3) is 1.00. The van der Waals surface area contributed by atoms with Crippen LogP contribution in [0, 0.1) is 5.92 Å². The molecule has 0 aromatic carbocycles. The van der Waals surface area contributed by atoms with E-state index in [1.165, 1.54) is 4.31 Å². The van der Waals surface area contributed by atoms with Crippen molar-refractivity contribution < 1.29 is 13.5 Å². The molecule has 1 atom stereocenters. The molecule has 1 heterocycles. The van der Waals surface area contributed by atoms with Gasteiger partial charge in [0.05, 0.1) is 6.10 Å². The number of nitrogens with one attached hydrogen (secondary N) is 1. The molecule has 1 rings (SSSR count). The van der Waals surface area contributed by atoms with Gasteiger partial charge in [-0.1, -0.05) is 13.8 Å². The molecule has 1 fully saturated rings. The molecule has 0 spiro atoms. The Morgan fingerprint density at radius 1 is 1.53 bits per heavy atom. The van der Waals surface area contributed by atoms with Crippen molar-refractivity contribution in [2.45, 2.75) is 32.8 Å². The van der Waals surface area contributed by atoms with E-state index in [0.29, 0.717) is 19.5 Å². The van der Waals surface area contributed by atoms with Crippen molar-refractivity contribution in [2.75, 3.05) is 19.6 Å². The van der Waals surface area contributed by atoms with Crippen LogP contribution in [0.15, 0.2) is 0 Å². The van der Waals surface area contributed by atoms with Crippen molar-refractivity contribution in [3.63, 3.8) is 0 Å². The van der Waals surface area contributed by atoms with Gasteiger partial charge in [-0.2, -0.15) is 12.7 Å². The average Bonchev–Trinajstić information content (AvgIpc) is 2.15. The molecular weight excluding hydrogens is 216 g/mol. The molecular formula is C9H20N2O3S. The van der Waals surface area contributed by atoms with Gasteiger partial charge in [-0.25, -0.2) is 4.72 Å². The zero-order chi connectivity index (χ0) is 11.5. The van der Waals surface area contributed by atoms with E-state index in [-0.39, 0.29) is 12.5 Å². The number of aliphatic hydroxyl groups is 1. The first kappa shape index (κ1) is 12.9. The lowest BCUT2D eigenvalue weighted by Gasteiger charge is -2.29. The lowest BCUT2D eigenvalue weighted by Crippen LogP contribution is -2.48.